The number of piperidine rings is 1. The fraction of sp³-hybridized carbons (Fsp3) is 0.529. The lowest BCUT2D eigenvalue weighted by atomic mass is 9.94. The van der Waals surface area contributed by atoms with Crippen molar-refractivity contribution >= 4 is 28.6 Å². The van der Waals surface area contributed by atoms with Gasteiger partial charge in [0.1, 0.15) is 0 Å². The predicted octanol–water partition coefficient (Wildman–Crippen LogP) is 2.87. The Morgan fingerprint density at radius 1 is 1.30 bits per heavy atom. The molecular formula is C17H21N3OS2. The van der Waals surface area contributed by atoms with E-state index in [0.29, 0.717) is 24.3 Å². The molecule has 5 heterocycles. The van der Waals surface area contributed by atoms with E-state index < -0.39 is 0 Å². The largest absolute Gasteiger partial charge is 0.338 e. The van der Waals surface area contributed by atoms with Gasteiger partial charge in [-0.15, -0.1) is 22.7 Å². The Morgan fingerprint density at radius 2 is 2.26 bits per heavy atom. The Balaban J connectivity index is 1.43. The van der Waals surface area contributed by atoms with Gasteiger partial charge in [-0.3, -0.25) is 9.69 Å². The zero-order chi connectivity index (χ0) is 15.6. The fourth-order valence-electron chi connectivity index (χ4n) is 3.82. The molecule has 2 aromatic heterocycles. The van der Waals surface area contributed by atoms with Crippen LogP contribution in [0.2, 0.25) is 0 Å². The van der Waals surface area contributed by atoms with Gasteiger partial charge in [-0.1, -0.05) is 6.07 Å². The van der Waals surface area contributed by atoms with Gasteiger partial charge in [0.2, 0.25) is 5.91 Å². The number of hydrogen-bond donors (Lipinski definition) is 0. The average molecular weight is 348 g/mol. The molecule has 0 unspecified atom stereocenters. The van der Waals surface area contributed by atoms with Crippen LogP contribution in [0.5, 0.6) is 0 Å². The zero-order valence-corrected chi connectivity index (χ0v) is 14.7. The molecule has 3 aliphatic rings. The van der Waals surface area contributed by atoms with Gasteiger partial charge < -0.3 is 4.90 Å². The zero-order valence-electron chi connectivity index (χ0n) is 13.1. The molecule has 3 aliphatic heterocycles. The van der Waals surface area contributed by atoms with Crippen LogP contribution >= 0.6 is 22.7 Å². The highest BCUT2D eigenvalue weighted by atomic mass is 32.1. The number of rotatable bonds is 4. The predicted molar refractivity (Wildman–Crippen MR) is 93.6 cm³/mol. The number of fused-ring (bicyclic) bond motifs is 4. The van der Waals surface area contributed by atoms with Crippen molar-refractivity contribution in [1.82, 2.24) is 14.8 Å². The summed E-state index contributed by atoms with van der Waals surface area (Å²) in [5.41, 5.74) is 3.06. The second-order valence-electron chi connectivity index (χ2n) is 6.57. The summed E-state index contributed by atoms with van der Waals surface area (Å²) >= 11 is 3.34. The number of carbonyl (C=O) groups is 1. The number of amides is 1. The molecular weight excluding hydrogens is 326 g/mol. The van der Waals surface area contributed by atoms with E-state index in [9.17, 15) is 4.79 Å². The maximum absolute atomic E-state index is 12.7. The number of nitrogens with zero attached hydrogens (tertiary/aromatic N) is 3. The Kier molecular flexibility index (Phi) is 4.46. The average Bonchev–Trinajstić information content (AvgIpc) is 3.16. The summed E-state index contributed by atoms with van der Waals surface area (Å²) in [7, 11) is 0. The van der Waals surface area contributed by atoms with Gasteiger partial charge in [-0.05, 0) is 30.2 Å². The quantitative estimate of drug-likeness (QED) is 0.853. The minimum Gasteiger partial charge on any atom is -0.338 e. The monoisotopic (exact) mass is 347 g/mol. The Morgan fingerprint density at radius 3 is 3.04 bits per heavy atom. The molecule has 2 aromatic rings. The smallest absolute Gasteiger partial charge is 0.228 e. The maximum Gasteiger partial charge on any atom is 0.228 e. The molecule has 23 heavy (non-hydrogen) atoms. The van der Waals surface area contributed by atoms with Crippen LogP contribution in [0.25, 0.3) is 0 Å². The van der Waals surface area contributed by atoms with E-state index in [-0.39, 0.29) is 0 Å². The highest BCUT2D eigenvalue weighted by molar-refractivity contribution is 7.10. The molecule has 0 aliphatic carbocycles. The van der Waals surface area contributed by atoms with Crippen LogP contribution in [-0.2, 0) is 17.8 Å². The first-order chi connectivity index (χ1) is 11.3. The lowest BCUT2D eigenvalue weighted by molar-refractivity contribution is -0.134. The van der Waals surface area contributed by atoms with Gasteiger partial charge >= 0.3 is 0 Å². The van der Waals surface area contributed by atoms with Gasteiger partial charge in [0.05, 0.1) is 17.6 Å². The van der Waals surface area contributed by atoms with Crippen molar-refractivity contribution in [3.63, 3.8) is 0 Å². The van der Waals surface area contributed by atoms with Crippen LogP contribution in [0.4, 0.5) is 0 Å². The molecule has 0 radical (unpaired) electrons. The number of carbonyl (C=O) groups excluding carboxylic acids is 1. The first-order valence-electron chi connectivity index (χ1n) is 8.19. The van der Waals surface area contributed by atoms with Crippen LogP contribution in [0, 0.1) is 5.92 Å². The van der Waals surface area contributed by atoms with Crippen LogP contribution in [0.15, 0.2) is 28.4 Å². The summed E-state index contributed by atoms with van der Waals surface area (Å²) in [6.07, 6.45) is 2.96. The highest BCUT2D eigenvalue weighted by Gasteiger charge is 2.37. The molecule has 0 aromatic carbocycles. The van der Waals surface area contributed by atoms with E-state index in [1.54, 1.807) is 22.7 Å². The minimum absolute atomic E-state index is 0.303. The van der Waals surface area contributed by atoms with Gasteiger partial charge in [-0.25, -0.2) is 4.98 Å². The van der Waals surface area contributed by atoms with Crippen molar-refractivity contribution in [2.24, 2.45) is 5.92 Å². The summed E-state index contributed by atoms with van der Waals surface area (Å²) in [4.78, 5) is 23.0. The number of hydrogen-bond acceptors (Lipinski definition) is 5. The van der Waals surface area contributed by atoms with Crippen LogP contribution in [0.3, 0.4) is 0 Å². The highest BCUT2D eigenvalue weighted by Crippen LogP contribution is 2.29. The van der Waals surface area contributed by atoms with E-state index in [1.165, 1.54) is 11.3 Å². The summed E-state index contributed by atoms with van der Waals surface area (Å²) in [5.74, 6) is 0.914. The van der Waals surface area contributed by atoms with Crippen LogP contribution in [-0.4, -0.2) is 46.4 Å². The second-order valence-corrected chi connectivity index (χ2v) is 8.32. The van der Waals surface area contributed by atoms with E-state index in [0.717, 1.165) is 38.3 Å². The normalized spacial score (nSPS) is 24.8. The number of thiazole rings is 1. The van der Waals surface area contributed by atoms with Crippen LogP contribution < -0.4 is 0 Å². The minimum atomic E-state index is 0.303. The van der Waals surface area contributed by atoms with E-state index in [2.05, 4.69) is 26.2 Å². The third kappa shape index (κ3) is 3.49. The van der Waals surface area contributed by atoms with Crippen LogP contribution in [0.1, 0.15) is 23.4 Å². The molecule has 122 valence electrons. The van der Waals surface area contributed by atoms with E-state index in [4.69, 9.17) is 0 Å². The lowest BCUT2D eigenvalue weighted by Gasteiger charge is -2.36. The molecule has 0 saturated carbocycles. The first kappa shape index (κ1) is 15.3. The molecule has 6 heteroatoms. The summed E-state index contributed by atoms with van der Waals surface area (Å²) < 4.78 is 0. The SMILES string of the molecule is O=C(Cc1cccs1)N1C[C@H]2CC[C@@H]1CN(Cc1cscn1)C2. The lowest BCUT2D eigenvalue weighted by Crippen LogP contribution is -2.47. The van der Waals surface area contributed by atoms with Gasteiger partial charge in [0, 0.05) is 42.5 Å². The Bertz CT molecular complexity index is 641. The topological polar surface area (TPSA) is 36.4 Å². The molecule has 0 N–H and O–H groups in total. The van der Waals surface area contributed by atoms with Crippen molar-refractivity contribution < 1.29 is 4.79 Å². The molecule has 2 bridgehead atoms. The first-order valence-corrected chi connectivity index (χ1v) is 10.0. The van der Waals surface area contributed by atoms with Crippen molar-refractivity contribution in [2.45, 2.75) is 31.8 Å². The third-order valence-electron chi connectivity index (χ3n) is 4.88. The molecule has 3 fully saturated rings. The van der Waals surface area contributed by atoms with Crippen molar-refractivity contribution in [1.29, 1.82) is 0 Å². The van der Waals surface area contributed by atoms with Crippen molar-refractivity contribution in [3.8, 4) is 0 Å². The molecule has 1 amide bonds. The number of thiophene rings is 1. The van der Waals surface area contributed by atoms with Gasteiger partial charge in [0.15, 0.2) is 0 Å². The molecule has 2 atom stereocenters. The molecule has 4 nitrogen and oxygen atoms in total. The Labute approximate surface area is 144 Å². The van der Waals surface area contributed by atoms with Gasteiger partial charge in [-0.2, -0.15) is 0 Å². The standard InChI is InChI=1S/C17H21N3OS2/c21-17(6-16-2-1-5-23-16)20-8-13-3-4-15(20)10-19(7-13)9-14-11-22-12-18-14/h1-2,5,11-13,15H,3-4,6-10H2/t13-,15+/m0/s1. The maximum atomic E-state index is 12.7. The van der Waals surface area contributed by atoms with Crippen molar-refractivity contribution in [2.75, 3.05) is 19.6 Å². The van der Waals surface area contributed by atoms with E-state index in [1.807, 2.05) is 17.0 Å². The summed E-state index contributed by atoms with van der Waals surface area (Å²) in [6.45, 7) is 3.94. The second kappa shape index (κ2) is 6.71. The van der Waals surface area contributed by atoms with Crippen molar-refractivity contribution in [3.05, 3.63) is 39.0 Å². The molecule has 0 spiro atoms. The summed E-state index contributed by atoms with van der Waals surface area (Å²) in [6, 6.07) is 4.46. The Hall–Kier alpha value is -1.24. The number of aromatic nitrogens is 1. The molecule has 3 saturated heterocycles. The summed E-state index contributed by atoms with van der Waals surface area (Å²) in [5, 5.41) is 4.18. The third-order valence-corrected chi connectivity index (χ3v) is 6.40. The van der Waals surface area contributed by atoms with E-state index >= 15 is 0 Å². The van der Waals surface area contributed by atoms with Gasteiger partial charge in [0.25, 0.3) is 0 Å². The fourth-order valence-corrected chi connectivity index (χ4v) is 5.07. The molecule has 5 rings (SSSR count).